The molecule has 11 nitrogen and oxygen atoms in total. The van der Waals surface area contributed by atoms with Crippen LogP contribution in [0.4, 0.5) is 9.59 Å². The fourth-order valence-corrected chi connectivity index (χ4v) is 2.70. The monoisotopic (exact) mass is 511 g/mol. The Morgan fingerprint density at radius 1 is 0.917 bits per heavy atom. The molecule has 1 aromatic rings. The molecule has 11 heteroatoms. The zero-order chi connectivity index (χ0) is 27.7. The lowest BCUT2D eigenvalue weighted by atomic mass is 10.0. The van der Waals surface area contributed by atoms with E-state index in [0.29, 0.717) is 5.56 Å². The highest BCUT2D eigenvalue weighted by Crippen LogP contribution is 2.31. The zero-order valence-corrected chi connectivity index (χ0v) is 22.1. The van der Waals surface area contributed by atoms with Crippen LogP contribution >= 0.6 is 0 Å². The predicted octanol–water partition coefficient (Wildman–Crippen LogP) is 4.24. The maximum atomic E-state index is 12.3. The Morgan fingerprint density at radius 3 is 1.92 bits per heavy atom. The van der Waals surface area contributed by atoms with Crippen molar-refractivity contribution >= 4 is 24.2 Å². The number of hydrogen-bond donors (Lipinski definition) is 2. The summed E-state index contributed by atoms with van der Waals surface area (Å²) >= 11 is 0. The molecule has 0 aliphatic rings. The molecule has 1 aromatic carbocycles. The van der Waals surface area contributed by atoms with E-state index in [4.69, 9.17) is 23.7 Å². The lowest BCUT2D eigenvalue weighted by Gasteiger charge is -2.21. The van der Waals surface area contributed by atoms with Crippen LogP contribution in [0, 0.1) is 0 Å². The van der Waals surface area contributed by atoms with E-state index in [1.54, 1.807) is 55.4 Å². The Labute approximate surface area is 211 Å². The van der Waals surface area contributed by atoms with Crippen LogP contribution in [0.1, 0.15) is 67.4 Å². The van der Waals surface area contributed by atoms with Gasteiger partial charge in [0.2, 0.25) is 0 Å². The Morgan fingerprint density at radius 2 is 1.44 bits per heavy atom. The van der Waals surface area contributed by atoms with E-state index in [0.717, 1.165) is 0 Å². The van der Waals surface area contributed by atoms with Crippen LogP contribution < -0.4 is 14.8 Å². The number of carboxylic acids is 1. The molecule has 0 spiro atoms. The summed E-state index contributed by atoms with van der Waals surface area (Å²) < 4.78 is 25.9. The van der Waals surface area contributed by atoms with Crippen molar-refractivity contribution in [1.29, 1.82) is 0 Å². The van der Waals surface area contributed by atoms with Gasteiger partial charge in [-0.3, -0.25) is 9.59 Å². The van der Waals surface area contributed by atoms with Crippen molar-refractivity contribution in [3.63, 3.8) is 0 Å². The summed E-state index contributed by atoms with van der Waals surface area (Å²) in [5, 5.41) is 12.5. The first kappa shape index (κ1) is 30.7. The van der Waals surface area contributed by atoms with E-state index in [2.05, 4.69) is 5.32 Å². The number of ether oxygens (including phenoxy) is 5. The SMILES string of the molecule is CCC(=O)OC(C)CN[C@@H](Cc1ccc(OC(=O)OC(C)(C)C)c(OC(=O)OC(C)(C)C)c1)C(=O)O. The van der Waals surface area contributed by atoms with Crippen LogP contribution in [0.25, 0.3) is 0 Å². The minimum absolute atomic E-state index is 0.0127. The van der Waals surface area contributed by atoms with Crippen molar-refractivity contribution in [1.82, 2.24) is 5.32 Å². The molecule has 0 amide bonds. The smallest absolute Gasteiger partial charge is 0.480 e. The Hall–Kier alpha value is -3.34. The molecule has 2 atom stereocenters. The molecular weight excluding hydrogens is 474 g/mol. The quantitative estimate of drug-likeness (QED) is 0.264. The maximum Gasteiger partial charge on any atom is 0.514 e. The van der Waals surface area contributed by atoms with Gasteiger partial charge in [-0.1, -0.05) is 13.0 Å². The fraction of sp³-hybridized carbons (Fsp3) is 0.600. The largest absolute Gasteiger partial charge is 0.514 e. The predicted molar refractivity (Wildman–Crippen MR) is 129 cm³/mol. The number of rotatable bonds is 10. The van der Waals surface area contributed by atoms with E-state index < -0.39 is 41.6 Å². The van der Waals surface area contributed by atoms with E-state index in [9.17, 15) is 24.3 Å². The number of nitrogens with one attached hydrogen (secondary N) is 1. The van der Waals surface area contributed by atoms with Crippen LogP contribution in [0.15, 0.2) is 18.2 Å². The third kappa shape index (κ3) is 12.4. The normalized spacial score (nSPS) is 13.2. The van der Waals surface area contributed by atoms with Gasteiger partial charge in [0, 0.05) is 13.0 Å². The lowest BCUT2D eigenvalue weighted by molar-refractivity contribution is -0.147. The molecule has 1 rings (SSSR count). The average Bonchev–Trinajstić information content (AvgIpc) is 2.69. The van der Waals surface area contributed by atoms with Crippen molar-refractivity contribution in [2.75, 3.05) is 6.54 Å². The van der Waals surface area contributed by atoms with Crippen molar-refractivity contribution in [2.45, 2.75) is 91.6 Å². The molecule has 0 radical (unpaired) electrons. The molecule has 36 heavy (non-hydrogen) atoms. The van der Waals surface area contributed by atoms with Crippen LogP contribution in [0.5, 0.6) is 11.5 Å². The van der Waals surface area contributed by atoms with Gasteiger partial charge < -0.3 is 34.1 Å². The summed E-state index contributed by atoms with van der Waals surface area (Å²) in [5.74, 6) is -1.78. The maximum absolute atomic E-state index is 12.3. The molecule has 0 fully saturated rings. The van der Waals surface area contributed by atoms with Crippen LogP contribution in [-0.2, 0) is 30.2 Å². The third-order valence-electron chi connectivity index (χ3n) is 4.18. The van der Waals surface area contributed by atoms with Crippen molar-refractivity contribution in [3.05, 3.63) is 23.8 Å². The molecular formula is C25H37NO10. The number of carbonyl (C=O) groups is 4. The average molecular weight is 512 g/mol. The van der Waals surface area contributed by atoms with Gasteiger partial charge in [0.25, 0.3) is 0 Å². The van der Waals surface area contributed by atoms with Crippen molar-refractivity contribution in [3.8, 4) is 11.5 Å². The lowest BCUT2D eigenvalue weighted by Crippen LogP contribution is -2.42. The van der Waals surface area contributed by atoms with Gasteiger partial charge >= 0.3 is 24.2 Å². The summed E-state index contributed by atoms with van der Waals surface area (Å²) in [6, 6.07) is 3.23. The van der Waals surface area contributed by atoms with Gasteiger partial charge in [0.1, 0.15) is 23.3 Å². The van der Waals surface area contributed by atoms with Gasteiger partial charge in [-0.05, 0) is 72.6 Å². The fourth-order valence-electron chi connectivity index (χ4n) is 2.70. The molecule has 0 saturated heterocycles. The van der Waals surface area contributed by atoms with E-state index in [-0.39, 0.29) is 36.9 Å². The Balaban J connectivity index is 3.10. The molecule has 0 bridgehead atoms. The summed E-state index contributed by atoms with van der Waals surface area (Å²) in [5.41, 5.74) is -1.19. The molecule has 202 valence electrons. The van der Waals surface area contributed by atoms with E-state index in [1.165, 1.54) is 18.2 Å². The third-order valence-corrected chi connectivity index (χ3v) is 4.18. The number of benzene rings is 1. The van der Waals surface area contributed by atoms with Crippen LogP contribution in [0.2, 0.25) is 0 Å². The Kier molecular flexibility index (Phi) is 11.2. The second-order valence-corrected chi connectivity index (χ2v) is 10.1. The number of hydrogen-bond acceptors (Lipinski definition) is 10. The molecule has 2 N–H and O–H groups in total. The molecule has 0 aliphatic heterocycles. The highest BCUT2D eigenvalue weighted by atomic mass is 16.8. The molecule has 0 aliphatic carbocycles. The number of carbonyl (C=O) groups excluding carboxylic acids is 3. The first-order valence-corrected chi connectivity index (χ1v) is 11.6. The zero-order valence-electron chi connectivity index (χ0n) is 22.1. The minimum atomic E-state index is -1.13. The molecule has 1 unspecified atom stereocenters. The minimum Gasteiger partial charge on any atom is -0.480 e. The summed E-state index contributed by atoms with van der Waals surface area (Å²) in [6.07, 6.45) is -2.38. The van der Waals surface area contributed by atoms with Gasteiger partial charge in [0.05, 0.1) is 0 Å². The van der Waals surface area contributed by atoms with Gasteiger partial charge in [0.15, 0.2) is 11.5 Å². The van der Waals surface area contributed by atoms with Crippen molar-refractivity contribution < 1.29 is 48.0 Å². The number of esters is 1. The van der Waals surface area contributed by atoms with Gasteiger partial charge in [-0.2, -0.15) is 0 Å². The molecule has 0 heterocycles. The molecule has 0 aromatic heterocycles. The van der Waals surface area contributed by atoms with Crippen LogP contribution in [-0.4, -0.2) is 59.2 Å². The second kappa shape index (κ2) is 13.1. The second-order valence-electron chi connectivity index (χ2n) is 10.1. The summed E-state index contributed by atoms with van der Waals surface area (Å²) in [7, 11) is 0. The van der Waals surface area contributed by atoms with Gasteiger partial charge in [-0.25, -0.2) is 9.59 Å². The van der Waals surface area contributed by atoms with Crippen LogP contribution in [0.3, 0.4) is 0 Å². The highest BCUT2D eigenvalue weighted by molar-refractivity contribution is 5.74. The van der Waals surface area contributed by atoms with E-state index in [1.807, 2.05) is 0 Å². The van der Waals surface area contributed by atoms with Gasteiger partial charge in [-0.15, -0.1) is 0 Å². The highest BCUT2D eigenvalue weighted by Gasteiger charge is 2.25. The Bertz CT molecular complexity index is 930. The van der Waals surface area contributed by atoms with Crippen molar-refractivity contribution in [2.24, 2.45) is 0 Å². The first-order chi connectivity index (χ1) is 16.5. The molecule has 0 saturated carbocycles. The standard InChI is InChI=1S/C25H37NO10/c1-9-20(27)32-15(2)14-26-17(21(28)29)12-16-10-11-18(33-22(30)35-24(3,4)5)19(13-16)34-23(31)36-25(6,7)8/h10-11,13,15,17,26H,9,12,14H2,1-8H3,(H,28,29)/t15?,17-/m0/s1. The summed E-state index contributed by atoms with van der Waals surface area (Å²) in [4.78, 5) is 47.6. The first-order valence-electron chi connectivity index (χ1n) is 11.6. The number of aliphatic carboxylic acids is 1. The number of carboxylic acid groups (broad SMARTS) is 1. The topological polar surface area (TPSA) is 147 Å². The summed E-state index contributed by atoms with van der Waals surface area (Å²) in [6.45, 7) is 13.4. The van der Waals surface area contributed by atoms with E-state index >= 15 is 0 Å².